The molecule has 8 nitrogen and oxygen atoms in total. The lowest BCUT2D eigenvalue weighted by molar-refractivity contribution is -0.135. The van der Waals surface area contributed by atoms with Crippen LogP contribution in [0.3, 0.4) is 0 Å². The van der Waals surface area contributed by atoms with Crippen LogP contribution >= 0.6 is 15.9 Å². The van der Waals surface area contributed by atoms with Gasteiger partial charge in [0.15, 0.2) is 11.3 Å². The summed E-state index contributed by atoms with van der Waals surface area (Å²) < 4.78 is 12.4. The number of ketones is 2. The van der Waals surface area contributed by atoms with E-state index < -0.39 is 11.5 Å². The predicted molar refractivity (Wildman–Crippen MR) is 209 cm³/mol. The molecule has 0 aliphatic carbocycles. The van der Waals surface area contributed by atoms with Crippen molar-refractivity contribution in [1.82, 2.24) is 20.2 Å². The van der Waals surface area contributed by atoms with E-state index in [1.807, 2.05) is 104 Å². The van der Waals surface area contributed by atoms with E-state index in [4.69, 9.17) is 19.5 Å². The van der Waals surface area contributed by atoms with Crippen molar-refractivity contribution < 1.29 is 18.7 Å². The number of Topliss-reactive ketones (excluding diaryl/α,β-unsaturated/α-hetero) is 2. The van der Waals surface area contributed by atoms with E-state index >= 15 is 0 Å². The highest BCUT2D eigenvalue weighted by molar-refractivity contribution is 9.10. The van der Waals surface area contributed by atoms with Gasteiger partial charge < -0.3 is 9.15 Å². The van der Waals surface area contributed by atoms with Crippen LogP contribution in [-0.2, 0) is 26.3 Å². The number of halogens is 1. The van der Waals surface area contributed by atoms with Gasteiger partial charge in [0.1, 0.15) is 23.7 Å². The first-order chi connectivity index (χ1) is 25.9. The number of nitrogens with zero attached hydrogens (tertiary/aromatic N) is 4. The van der Waals surface area contributed by atoms with Gasteiger partial charge in [-0.2, -0.15) is 0 Å². The summed E-state index contributed by atoms with van der Waals surface area (Å²) >= 11 is 3.83. The fourth-order valence-electron chi connectivity index (χ4n) is 7.05. The molecule has 0 radical (unpaired) electrons. The van der Waals surface area contributed by atoms with Gasteiger partial charge in [0, 0.05) is 30.0 Å². The Balaban J connectivity index is 1.30. The van der Waals surface area contributed by atoms with Crippen LogP contribution in [0.25, 0.3) is 33.7 Å². The summed E-state index contributed by atoms with van der Waals surface area (Å²) in [5, 5.41) is 15.4. The minimum absolute atomic E-state index is 0.0498. The number of hydrogen-bond donors (Lipinski definition) is 0. The number of carbonyl (C=O) groups excluding carboxylic acids is 2. The Morgan fingerprint density at radius 3 is 1.96 bits per heavy atom. The van der Waals surface area contributed by atoms with Crippen molar-refractivity contribution in [3.8, 4) is 22.7 Å². The number of ether oxygens (including phenoxy) is 1. The number of tetrazole rings is 1. The standard InChI is InChI=1S/C44H39BrN4O4/c1-3-4-24-38(50)36(39(51)29-52-2)27-30-25-26-40-37(28-30)41(45)42(53-40)34-22-14-15-23-35(34)43-46-48-49(47-43)44(31-16-8-5-9-17-31,32-18-10-6-11-19-32)33-20-12-7-13-21-33/h5-23,25-26,28,36H,3-4,24,27,29H2,1-2H3. The van der Waals surface area contributed by atoms with Gasteiger partial charge in [-0.1, -0.05) is 135 Å². The molecule has 1 unspecified atom stereocenters. The zero-order valence-electron chi connectivity index (χ0n) is 29.6. The van der Waals surface area contributed by atoms with E-state index in [9.17, 15) is 9.59 Å². The summed E-state index contributed by atoms with van der Waals surface area (Å²) in [7, 11) is 1.47. The number of unbranched alkanes of at least 4 members (excludes halogenated alkanes) is 1. The molecule has 1 atom stereocenters. The normalized spacial score (nSPS) is 12.2. The van der Waals surface area contributed by atoms with Crippen molar-refractivity contribution in [2.75, 3.05) is 13.7 Å². The number of aromatic nitrogens is 4. The van der Waals surface area contributed by atoms with Gasteiger partial charge in [-0.15, -0.1) is 15.0 Å². The molecule has 53 heavy (non-hydrogen) atoms. The second-order valence-corrected chi connectivity index (χ2v) is 13.9. The third-order valence-electron chi connectivity index (χ3n) is 9.67. The zero-order valence-corrected chi connectivity index (χ0v) is 31.2. The minimum Gasteiger partial charge on any atom is -0.455 e. The number of fused-ring (bicyclic) bond motifs is 1. The van der Waals surface area contributed by atoms with E-state index in [1.54, 1.807) is 4.80 Å². The van der Waals surface area contributed by atoms with Gasteiger partial charge in [-0.3, -0.25) is 9.59 Å². The molecule has 0 aliphatic heterocycles. The molecular weight excluding hydrogens is 728 g/mol. The lowest BCUT2D eigenvalue weighted by Crippen LogP contribution is -2.39. The number of benzene rings is 5. The molecule has 0 fully saturated rings. The lowest BCUT2D eigenvalue weighted by atomic mass is 9.77. The summed E-state index contributed by atoms with van der Waals surface area (Å²) in [4.78, 5) is 27.8. The molecule has 0 saturated carbocycles. The fourth-order valence-corrected chi connectivity index (χ4v) is 7.66. The van der Waals surface area contributed by atoms with Crippen molar-refractivity contribution in [2.45, 2.75) is 38.1 Å². The smallest absolute Gasteiger partial charge is 0.205 e. The molecule has 2 aromatic heterocycles. The summed E-state index contributed by atoms with van der Waals surface area (Å²) in [6, 6.07) is 44.3. The average Bonchev–Trinajstić information content (AvgIpc) is 3.82. The van der Waals surface area contributed by atoms with Crippen molar-refractivity contribution in [3.05, 3.63) is 160 Å². The molecule has 266 valence electrons. The second-order valence-electron chi connectivity index (χ2n) is 13.1. The van der Waals surface area contributed by atoms with Gasteiger partial charge in [0.25, 0.3) is 0 Å². The molecule has 7 rings (SSSR count). The summed E-state index contributed by atoms with van der Waals surface area (Å²) in [5.74, 6) is 0.0342. The molecule has 0 aliphatic rings. The number of rotatable bonds is 15. The molecule has 0 spiro atoms. The first-order valence-electron chi connectivity index (χ1n) is 17.8. The van der Waals surface area contributed by atoms with Gasteiger partial charge in [0.05, 0.1) is 10.4 Å². The molecule has 7 aromatic rings. The fraction of sp³-hybridized carbons (Fsp3) is 0.205. The Morgan fingerprint density at radius 2 is 1.38 bits per heavy atom. The van der Waals surface area contributed by atoms with Crippen molar-refractivity contribution in [1.29, 1.82) is 0 Å². The molecule has 5 aromatic carbocycles. The zero-order chi connectivity index (χ0) is 36.8. The number of methoxy groups -OCH3 is 1. The summed E-state index contributed by atoms with van der Waals surface area (Å²) in [6.45, 7) is 1.94. The molecule has 0 amide bonds. The van der Waals surface area contributed by atoms with Crippen LogP contribution in [0.4, 0.5) is 0 Å². The van der Waals surface area contributed by atoms with Gasteiger partial charge >= 0.3 is 0 Å². The highest BCUT2D eigenvalue weighted by atomic mass is 79.9. The van der Waals surface area contributed by atoms with Crippen LogP contribution in [0, 0.1) is 5.92 Å². The number of carbonyl (C=O) groups is 2. The Labute approximate surface area is 316 Å². The maximum absolute atomic E-state index is 13.1. The molecule has 0 saturated heterocycles. The first kappa shape index (κ1) is 35.9. The highest BCUT2D eigenvalue weighted by Gasteiger charge is 2.41. The molecule has 9 heteroatoms. The first-order valence-corrected chi connectivity index (χ1v) is 18.6. The van der Waals surface area contributed by atoms with E-state index in [2.05, 4.69) is 57.4 Å². The van der Waals surface area contributed by atoms with E-state index in [-0.39, 0.29) is 18.2 Å². The second kappa shape index (κ2) is 16.0. The quantitative estimate of drug-likeness (QED) is 0.0757. The number of hydrogen-bond acceptors (Lipinski definition) is 7. The molecular formula is C44H39BrN4O4. The third-order valence-corrected chi connectivity index (χ3v) is 10.5. The monoisotopic (exact) mass is 766 g/mol. The molecule has 2 heterocycles. The third kappa shape index (κ3) is 7.02. The van der Waals surface area contributed by atoms with Crippen LogP contribution < -0.4 is 0 Å². The Hall–Kier alpha value is -5.51. The SMILES string of the molecule is CCCCC(=O)C(Cc1ccc2oc(-c3ccccc3-c3nnn(C(c4ccccc4)(c4ccccc4)c4ccccc4)n3)c(Br)c2c1)C(=O)COC. The Morgan fingerprint density at radius 1 is 0.792 bits per heavy atom. The van der Waals surface area contributed by atoms with Crippen molar-refractivity contribution in [3.63, 3.8) is 0 Å². The van der Waals surface area contributed by atoms with Crippen LogP contribution in [-0.4, -0.2) is 45.5 Å². The lowest BCUT2D eigenvalue weighted by Gasteiger charge is -2.34. The van der Waals surface area contributed by atoms with Crippen LogP contribution in [0.5, 0.6) is 0 Å². The minimum atomic E-state index is -0.916. The largest absolute Gasteiger partial charge is 0.455 e. The van der Waals surface area contributed by atoms with Gasteiger partial charge in [-0.25, -0.2) is 0 Å². The Kier molecular flexibility index (Phi) is 10.8. The average molecular weight is 768 g/mol. The molecule has 0 bridgehead atoms. The van der Waals surface area contributed by atoms with Gasteiger partial charge in [0.2, 0.25) is 5.82 Å². The van der Waals surface area contributed by atoms with E-state index in [0.717, 1.165) is 56.1 Å². The van der Waals surface area contributed by atoms with Crippen molar-refractivity contribution >= 4 is 38.5 Å². The highest BCUT2D eigenvalue weighted by Crippen LogP contribution is 2.43. The summed E-state index contributed by atoms with van der Waals surface area (Å²) in [6.07, 6.45) is 2.30. The summed E-state index contributed by atoms with van der Waals surface area (Å²) in [5.41, 5.74) is 5.10. The van der Waals surface area contributed by atoms with Crippen LogP contribution in [0.1, 0.15) is 48.4 Å². The van der Waals surface area contributed by atoms with Crippen LogP contribution in [0.2, 0.25) is 0 Å². The molecule has 0 N–H and O–H groups in total. The van der Waals surface area contributed by atoms with Crippen molar-refractivity contribution in [2.24, 2.45) is 5.92 Å². The topological polar surface area (TPSA) is 100 Å². The maximum Gasteiger partial charge on any atom is 0.205 e. The number of furan rings is 1. The predicted octanol–water partition coefficient (Wildman–Crippen LogP) is 9.49. The maximum atomic E-state index is 13.1. The van der Waals surface area contributed by atoms with E-state index in [0.29, 0.717) is 30.0 Å². The van der Waals surface area contributed by atoms with Crippen LogP contribution in [0.15, 0.2) is 142 Å². The van der Waals surface area contributed by atoms with E-state index in [1.165, 1.54) is 7.11 Å². The Bertz CT molecular complexity index is 2240. The van der Waals surface area contributed by atoms with Gasteiger partial charge in [-0.05, 0) is 68.4 Å².